The quantitative estimate of drug-likeness (QED) is 0.537. The first-order chi connectivity index (χ1) is 14.1. The Kier molecular flexibility index (Phi) is 6.80. The van der Waals surface area contributed by atoms with Gasteiger partial charge in [-0.15, -0.1) is 0 Å². The Morgan fingerprint density at radius 1 is 1.00 bits per heavy atom. The Morgan fingerprint density at radius 3 is 2.48 bits per heavy atom. The molecule has 0 unspecified atom stereocenters. The van der Waals surface area contributed by atoms with Crippen LogP contribution in [-0.2, 0) is 11.2 Å². The van der Waals surface area contributed by atoms with Gasteiger partial charge in [-0.2, -0.15) is 0 Å². The van der Waals surface area contributed by atoms with E-state index in [4.69, 9.17) is 9.47 Å². The second-order valence-electron chi connectivity index (χ2n) is 6.34. The van der Waals surface area contributed by atoms with Crippen LogP contribution in [0.2, 0.25) is 0 Å². The fourth-order valence-corrected chi connectivity index (χ4v) is 2.91. The molecule has 152 valence electrons. The summed E-state index contributed by atoms with van der Waals surface area (Å²) in [5.41, 5.74) is 1.88. The number of ether oxygens (including phenoxy) is 2. The van der Waals surface area contributed by atoms with Crippen LogP contribution in [0, 0.1) is 0 Å². The lowest BCUT2D eigenvalue weighted by Crippen LogP contribution is -2.29. The van der Waals surface area contributed by atoms with E-state index in [-0.39, 0.29) is 23.3 Å². The van der Waals surface area contributed by atoms with Crippen LogP contribution in [0.5, 0.6) is 5.75 Å². The number of hydrogen-bond acceptors (Lipinski definition) is 5. The summed E-state index contributed by atoms with van der Waals surface area (Å²) < 4.78 is 11.7. The minimum absolute atomic E-state index is 0.164. The summed E-state index contributed by atoms with van der Waals surface area (Å²) in [4.78, 5) is 29.4. The van der Waals surface area contributed by atoms with Crippen molar-refractivity contribution in [3.05, 3.63) is 65.7 Å². The predicted molar refractivity (Wildman–Crippen MR) is 108 cm³/mol. The number of hydrogen-bond donors (Lipinski definition) is 2. The third kappa shape index (κ3) is 4.91. The molecule has 2 amide bonds. The van der Waals surface area contributed by atoms with Gasteiger partial charge in [0.15, 0.2) is 5.69 Å². The summed E-state index contributed by atoms with van der Waals surface area (Å²) >= 11 is 0. The first-order valence-electron chi connectivity index (χ1n) is 9.29. The lowest BCUT2D eigenvalue weighted by molar-refractivity contribution is 0.0926. The molecular formula is C21H24N4O4. The average Bonchev–Trinajstić information content (AvgIpc) is 3.14. The van der Waals surface area contributed by atoms with Crippen LogP contribution in [0.3, 0.4) is 0 Å². The number of methoxy groups -OCH3 is 2. The van der Waals surface area contributed by atoms with E-state index in [1.165, 1.54) is 0 Å². The van der Waals surface area contributed by atoms with Gasteiger partial charge in [-0.05, 0) is 36.2 Å². The number of nitrogens with zero attached hydrogens (tertiary/aromatic N) is 2. The van der Waals surface area contributed by atoms with E-state index >= 15 is 0 Å². The maximum atomic E-state index is 12.7. The zero-order valence-electron chi connectivity index (χ0n) is 16.5. The number of fused-ring (bicyclic) bond motifs is 1. The molecule has 0 radical (unpaired) electrons. The molecule has 1 aromatic carbocycles. The van der Waals surface area contributed by atoms with Crippen LogP contribution < -0.4 is 15.4 Å². The molecule has 2 N–H and O–H groups in total. The summed E-state index contributed by atoms with van der Waals surface area (Å²) in [6.07, 6.45) is 2.38. The highest BCUT2D eigenvalue weighted by Crippen LogP contribution is 2.14. The molecule has 29 heavy (non-hydrogen) atoms. The highest BCUT2D eigenvalue weighted by Gasteiger charge is 2.21. The van der Waals surface area contributed by atoms with Crippen molar-refractivity contribution < 1.29 is 19.1 Å². The highest BCUT2D eigenvalue weighted by atomic mass is 16.5. The van der Waals surface area contributed by atoms with Gasteiger partial charge in [0.1, 0.15) is 5.75 Å². The van der Waals surface area contributed by atoms with Crippen LogP contribution in [0.15, 0.2) is 48.7 Å². The number of pyridine rings is 1. The van der Waals surface area contributed by atoms with Gasteiger partial charge in [0.2, 0.25) is 5.82 Å². The average molecular weight is 396 g/mol. The molecule has 8 nitrogen and oxygen atoms in total. The number of amides is 2. The topological polar surface area (TPSA) is 94.0 Å². The number of benzene rings is 1. The summed E-state index contributed by atoms with van der Waals surface area (Å²) in [5.74, 6) is 0.272. The molecule has 0 aliphatic rings. The highest BCUT2D eigenvalue weighted by molar-refractivity contribution is 6.02. The standard InChI is InChI=1S/C21H24N4O4/c1-28-14-12-23-21(27)19-24-18(17-5-3-4-13-25(17)19)20(26)22-11-10-15-6-8-16(29-2)9-7-15/h3-9,13H,10-12,14H2,1-2H3,(H,22,26)(H,23,27). The summed E-state index contributed by atoms with van der Waals surface area (Å²) in [7, 11) is 3.18. The van der Waals surface area contributed by atoms with Crippen molar-refractivity contribution in [2.24, 2.45) is 0 Å². The summed E-state index contributed by atoms with van der Waals surface area (Å²) in [5, 5.41) is 5.60. The van der Waals surface area contributed by atoms with Crippen LogP contribution >= 0.6 is 0 Å². The van der Waals surface area contributed by atoms with Crippen molar-refractivity contribution in [3.8, 4) is 5.75 Å². The lowest BCUT2D eigenvalue weighted by atomic mass is 10.1. The molecule has 0 bridgehead atoms. The molecule has 0 aliphatic heterocycles. The van der Waals surface area contributed by atoms with E-state index in [0.717, 1.165) is 11.3 Å². The number of aromatic nitrogens is 2. The fraction of sp³-hybridized carbons (Fsp3) is 0.286. The van der Waals surface area contributed by atoms with E-state index in [1.807, 2.05) is 24.3 Å². The van der Waals surface area contributed by atoms with Gasteiger partial charge in [-0.1, -0.05) is 18.2 Å². The maximum Gasteiger partial charge on any atom is 0.287 e. The second-order valence-corrected chi connectivity index (χ2v) is 6.34. The molecule has 8 heteroatoms. The van der Waals surface area contributed by atoms with Crippen molar-refractivity contribution in [2.75, 3.05) is 33.9 Å². The number of rotatable bonds is 9. The molecule has 0 saturated heterocycles. The number of carbonyl (C=O) groups is 2. The third-order valence-corrected chi connectivity index (χ3v) is 4.42. The number of nitrogens with one attached hydrogen (secondary N) is 2. The molecule has 3 aromatic rings. The van der Waals surface area contributed by atoms with E-state index in [2.05, 4.69) is 15.6 Å². The Balaban J connectivity index is 1.69. The summed E-state index contributed by atoms with van der Waals surface area (Å²) in [6, 6.07) is 13.0. The van der Waals surface area contributed by atoms with Gasteiger partial charge in [0.25, 0.3) is 11.8 Å². The molecule has 0 fully saturated rings. The largest absolute Gasteiger partial charge is 0.497 e. The van der Waals surface area contributed by atoms with Crippen molar-refractivity contribution in [3.63, 3.8) is 0 Å². The van der Waals surface area contributed by atoms with Crippen LogP contribution in [0.25, 0.3) is 5.52 Å². The fourth-order valence-electron chi connectivity index (χ4n) is 2.91. The van der Waals surface area contributed by atoms with Gasteiger partial charge in [0, 0.05) is 26.4 Å². The first kappa shape index (κ1) is 20.3. The van der Waals surface area contributed by atoms with E-state index in [0.29, 0.717) is 31.6 Å². The van der Waals surface area contributed by atoms with Crippen molar-refractivity contribution in [2.45, 2.75) is 6.42 Å². The van der Waals surface area contributed by atoms with Crippen LogP contribution in [0.4, 0.5) is 0 Å². The Morgan fingerprint density at radius 2 is 1.76 bits per heavy atom. The van der Waals surface area contributed by atoms with E-state index < -0.39 is 0 Å². The molecule has 2 aromatic heterocycles. The smallest absolute Gasteiger partial charge is 0.287 e. The van der Waals surface area contributed by atoms with Crippen molar-refractivity contribution in [1.29, 1.82) is 0 Å². The molecule has 0 atom stereocenters. The van der Waals surface area contributed by atoms with Gasteiger partial charge in [0.05, 0.1) is 19.2 Å². The SMILES string of the molecule is COCCNC(=O)c1nc(C(=O)NCCc2ccc(OC)cc2)c2ccccn12. The van der Waals surface area contributed by atoms with Gasteiger partial charge >= 0.3 is 0 Å². The minimum Gasteiger partial charge on any atom is -0.497 e. The Labute approximate surface area is 168 Å². The van der Waals surface area contributed by atoms with Crippen molar-refractivity contribution >= 4 is 17.3 Å². The van der Waals surface area contributed by atoms with E-state index in [1.54, 1.807) is 43.0 Å². The van der Waals surface area contributed by atoms with Gasteiger partial charge in [-0.25, -0.2) is 4.98 Å². The predicted octanol–water partition coefficient (Wildman–Crippen LogP) is 1.69. The number of imidazole rings is 1. The Hall–Kier alpha value is -3.39. The molecular weight excluding hydrogens is 372 g/mol. The number of carbonyl (C=O) groups excluding carboxylic acids is 2. The first-order valence-corrected chi connectivity index (χ1v) is 9.29. The molecule has 3 rings (SSSR count). The van der Waals surface area contributed by atoms with E-state index in [9.17, 15) is 9.59 Å². The van der Waals surface area contributed by atoms with Gasteiger partial charge < -0.3 is 20.1 Å². The normalized spacial score (nSPS) is 10.7. The molecule has 0 saturated carbocycles. The molecule has 2 heterocycles. The van der Waals surface area contributed by atoms with Crippen molar-refractivity contribution in [1.82, 2.24) is 20.0 Å². The van der Waals surface area contributed by atoms with Crippen LogP contribution in [0.1, 0.15) is 26.7 Å². The molecule has 0 spiro atoms. The zero-order valence-corrected chi connectivity index (χ0v) is 16.5. The zero-order chi connectivity index (χ0) is 20.6. The monoisotopic (exact) mass is 396 g/mol. The Bertz CT molecular complexity index is 982. The molecule has 0 aliphatic carbocycles. The van der Waals surface area contributed by atoms with Crippen LogP contribution in [-0.4, -0.2) is 55.1 Å². The summed E-state index contributed by atoms with van der Waals surface area (Å²) in [6.45, 7) is 1.21. The van der Waals surface area contributed by atoms with Gasteiger partial charge in [-0.3, -0.25) is 14.0 Å². The minimum atomic E-state index is -0.361. The second kappa shape index (κ2) is 9.70. The third-order valence-electron chi connectivity index (χ3n) is 4.42. The lowest BCUT2D eigenvalue weighted by Gasteiger charge is -2.05. The maximum absolute atomic E-state index is 12.7.